The quantitative estimate of drug-likeness (QED) is 0.417. The number of rotatable bonds is 1. The molecule has 0 aliphatic heterocycles. The second-order valence-electron chi connectivity index (χ2n) is 13.6. The monoisotopic (exact) mass is 610 g/mol. The Bertz CT molecular complexity index is 1070. The SMILES string of the molecule is CC(C)(C)c1ccc(O)c(C(C)(C)C)c1.CC(C)(C)c1ccc(O)c(C(C)(C)C)c1.[Cl-].[Cl-].[Ti]=[CH]c1ccco1. The van der Waals surface area contributed by atoms with Crippen LogP contribution in [0.25, 0.3) is 0 Å². The van der Waals surface area contributed by atoms with Crippen LogP contribution in [0.3, 0.4) is 0 Å². The van der Waals surface area contributed by atoms with Crippen molar-refractivity contribution in [2.75, 3.05) is 0 Å². The maximum absolute atomic E-state index is 9.84. The van der Waals surface area contributed by atoms with E-state index in [4.69, 9.17) is 4.42 Å². The van der Waals surface area contributed by atoms with Gasteiger partial charge in [-0.1, -0.05) is 107 Å². The van der Waals surface area contributed by atoms with Gasteiger partial charge in [0.05, 0.1) is 0 Å². The Morgan fingerprint density at radius 2 is 0.949 bits per heavy atom. The number of benzene rings is 2. The van der Waals surface area contributed by atoms with E-state index in [2.05, 4.69) is 95.2 Å². The molecule has 3 rings (SSSR count). The van der Waals surface area contributed by atoms with E-state index in [1.165, 1.54) is 11.1 Å². The van der Waals surface area contributed by atoms with Crippen LogP contribution in [0.4, 0.5) is 0 Å². The van der Waals surface area contributed by atoms with Crippen LogP contribution in [0.5, 0.6) is 11.5 Å². The van der Waals surface area contributed by atoms with Crippen molar-refractivity contribution in [2.24, 2.45) is 0 Å². The molecular formula is C33H48Cl2O3Ti-2. The molecular weight excluding hydrogens is 563 g/mol. The molecule has 1 heterocycles. The standard InChI is InChI=1S/2C14H22O.C5H4O.2ClH.Ti/c2*1-13(2,3)10-7-8-12(15)11(9-10)14(4,5)6;1-5-3-2-4-6-5;;;/h2*7-9,15H,1-6H3;1-4H;2*1H;/p-2. The molecule has 3 aromatic rings. The van der Waals surface area contributed by atoms with Gasteiger partial charge < -0.3 is 35.0 Å². The second kappa shape index (κ2) is 15.5. The summed E-state index contributed by atoms with van der Waals surface area (Å²) in [6.45, 7) is 25.8. The minimum atomic E-state index is -0.00859. The van der Waals surface area contributed by atoms with Crippen LogP contribution in [0.1, 0.15) is 111 Å². The number of hydrogen-bond donors (Lipinski definition) is 2. The van der Waals surface area contributed by atoms with Crippen LogP contribution in [-0.2, 0) is 41.6 Å². The average molecular weight is 612 g/mol. The van der Waals surface area contributed by atoms with E-state index < -0.39 is 0 Å². The zero-order chi connectivity index (χ0) is 28.8. The fraction of sp³-hybridized carbons (Fsp3) is 0.485. The van der Waals surface area contributed by atoms with Crippen LogP contribution < -0.4 is 24.8 Å². The van der Waals surface area contributed by atoms with E-state index in [0.29, 0.717) is 11.5 Å². The molecule has 0 radical (unpaired) electrons. The van der Waals surface area contributed by atoms with Crippen LogP contribution in [0, 0.1) is 0 Å². The van der Waals surface area contributed by atoms with Gasteiger partial charge in [-0.05, 0) is 56.0 Å². The summed E-state index contributed by atoms with van der Waals surface area (Å²) >= 11 is 1.94. The first-order valence-corrected chi connectivity index (χ1v) is 13.8. The Kier molecular flexibility index (Phi) is 15.7. The van der Waals surface area contributed by atoms with Gasteiger partial charge in [-0.2, -0.15) is 0 Å². The summed E-state index contributed by atoms with van der Waals surface area (Å²) in [7, 11) is 0. The predicted molar refractivity (Wildman–Crippen MR) is 155 cm³/mol. The molecule has 6 heteroatoms. The zero-order valence-corrected chi connectivity index (χ0v) is 28.9. The molecule has 3 nitrogen and oxygen atoms in total. The van der Waals surface area contributed by atoms with Crippen molar-refractivity contribution >= 4 is 4.31 Å². The summed E-state index contributed by atoms with van der Waals surface area (Å²) in [5.74, 6) is 1.73. The molecule has 2 N–H and O–H groups in total. The third kappa shape index (κ3) is 13.1. The van der Waals surface area contributed by atoms with Crippen molar-refractivity contribution in [1.29, 1.82) is 0 Å². The van der Waals surface area contributed by atoms with Gasteiger partial charge in [0.15, 0.2) is 0 Å². The van der Waals surface area contributed by atoms with Crippen LogP contribution in [0.15, 0.2) is 59.2 Å². The van der Waals surface area contributed by atoms with Crippen LogP contribution in [-0.4, -0.2) is 14.5 Å². The average Bonchev–Trinajstić information content (AvgIpc) is 3.26. The number of phenols is 2. The molecule has 0 amide bonds. The van der Waals surface area contributed by atoms with E-state index in [1.807, 2.05) is 48.6 Å². The van der Waals surface area contributed by atoms with Crippen molar-refractivity contribution in [3.63, 3.8) is 0 Å². The van der Waals surface area contributed by atoms with Gasteiger partial charge in [0.2, 0.25) is 0 Å². The summed E-state index contributed by atoms with van der Waals surface area (Å²) in [6, 6.07) is 15.7. The fourth-order valence-corrected chi connectivity index (χ4v) is 3.84. The van der Waals surface area contributed by atoms with E-state index in [9.17, 15) is 10.2 Å². The van der Waals surface area contributed by atoms with Crippen molar-refractivity contribution in [1.82, 2.24) is 0 Å². The van der Waals surface area contributed by atoms with Crippen molar-refractivity contribution in [3.8, 4) is 11.5 Å². The summed E-state index contributed by atoms with van der Waals surface area (Å²) in [5.41, 5.74) is 4.83. The topological polar surface area (TPSA) is 53.6 Å². The fourth-order valence-electron chi connectivity index (χ4n) is 3.58. The molecule has 0 atom stereocenters. The Labute approximate surface area is 261 Å². The molecule has 0 unspecified atom stereocenters. The molecule has 0 saturated carbocycles. The van der Waals surface area contributed by atoms with Gasteiger partial charge in [-0.3, -0.25) is 0 Å². The molecule has 39 heavy (non-hydrogen) atoms. The Balaban J connectivity index is 0. The van der Waals surface area contributed by atoms with Gasteiger partial charge in [-0.25, -0.2) is 0 Å². The van der Waals surface area contributed by atoms with E-state index in [0.717, 1.165) is 16.9 Å². The zero-order valence-electron chi connectivity index (χ0n) is 25.8. The van der Waals surface area contributed by atoms with Crippen molar-refractivity contribution in [3.05, 3.63) is 82.8 Å². The van der Waals surface area contributed by atoms with Crippen LogP contribution in [0.2, 0.25) is 0 Å². The van der Waals surface area contributed by atoms with Gasteiger partial charge >= 0.3 is 52.9 Å². The number of furan rings is 1. The van der Waals surface area contributed by atoms with Gasteiger partial charge in [0.1, 0.15) is 11.5 Å². The summed E-state index contributed by atoms with van der Waals surface area (Å²) in [6.07, 6.45) is 1.66. The molecule has 0 aliphatic carbocycles. The minimum absolute atomic E-state index is 0. The first kappa shape index (κ1) is 39.6. The van der Waals surface area contributed by atoms with Crippen molar-refractivity contribution < 1.29 is 59.4 Å². The number of aromatic hydroxyl groups is 2. The Hall–Kier alpha value is -1.52. The third-order valence-corrected chi connectivity index (χ3v) is 6.47. The molecule has 0 aliphatic rings. The van der Waals surface area contributed by atoms with E-state index in [-0.39, 0.29) is 46.5 Å². The summed E-state index contributed by atoms with van der Waals surface area (Å²) < 4.78 is 6.84. The van der Waals surface area contributed by atoms with Gasteiger partial charge in [0.25, 0.3) is 0 Å². The number of hydrogen-bond acceptors (Lipinski definition) is 3. The molecule has 2 aromatic carbocycles. The molecule has 0 bridgehead atoms. The first-order chi connectivity index (χ1) is 16.7. The maximum atomic E-state index is 9.84. The summed E-state index contributed by atoms with van der Waals surface area (Å²) in [4.78, 5) is 0. The van der Waals surface area contributed by atoms with Crippen molar-refractivity contribution in [2.45, 2.75) is 105 Å². The molecule has 0 fully saturated rings. The number of phenolic OH excluding ortho intramolecular Hbond substituents is 2. The molecule has 0 saturated heterocycles. The predicted octanol–water partition coefficient (Wildman–Crippen LogP) is 2.96. The summed E-state index contributed by atoms with van der Waals surface area (Å²) in [5, 5.41) is 19.7. The van der Waals surface area contributed by atoms with Gasteiger partial charge in [-0.15, -0.1) is 0 Å². The second-order valence-corrected chi connectivity index (χ2v) is 14.1. The first-order valence-electron chi connectivity index (χ1n) is 12.9. The van der Waals surface area contributed by atoms with E-state index >= 15 is 0 Å². The molecule has 1 aromatic heterocycles. The molecule has 218 valence electrons. The number of halogens is 2. The Morgan fingerprint density at radius 3 is 1.15 bits per heavy atom. The molecule has 0 spiro atoms. The van der Waals surface area contributed by atoms with E-state index in [1.54, 1.807) is 18.4 Å². The van der Waals surface area contributed by atoms with Gasteiger partial charge in [0, 0.05) is 0 Å². The third-order valence-electron chi connectivity index (χ3n) is 6.03. The Morgan fingerprint density at radius 1 is 0.590 bits per heavy atom. The van der Waals surface area contributed by atoms with Crippen LogP contribution >= 0.6 is 0 Å². The normalized spacial score (nSPS) is 11.5.